The summed E-state index contributed by atoms with van der Waals surface area (Å²) in [5.74, 6) is 0.107. The van der Waals surface area contributed by atoms with Gasteiger partial charge in [-0.15, -0.1) is 0 Å². The maximum absolute atomic E-state index is 12.5. The second-order valence-corrected chi connectivity index (χ2v) is 6.80. The number of hydrogen-bond donors (Lipinski definition) is 1. The molecule has 1 N–H and O–H groups in total. The van der Waals surface area contributed by atoms with Crippen LogP contribution in [-0.2, 0) is 6.54 Å². The Balaban J connectivity index is 1.72. The molecule has 0 saturated heterocycles. The quantitative estimate of drug-likeness (QED) is 0.810. The van der Waals surface area contributed by atoms with Crippen molar-refractivity contribution in [2.75, 3.05) is 20.8 Å². The van der Waals surface area contributed by atoms with Crippen LogP contribution in [0.4, 0.5) is 0 Å². The van der Waals surface area contributed by atoms with Gasteiger partial charge in [0.15, 0.2) is 6.67 Å². The van der Waals surface area contributed by atoms with Crippen LogP contribution in [0.5, 0.6) is 5.75 Å². The van der Waals surface area contributed by atoms with Gasteiger partial charge in [0.2, 0.25) is 0 Å². The molecule has 1 aliphatic rings. The first kappa shape index (κ1) is 17.7. The van der Waals surface area contributed by atoms with Crippen LogP contribution in [0.25, 0.3) is 0 Å². The summed E-state index contributed by atoms with van der Waals surface area (Å²) in [6.45, 7) is 0.923. The lowest BCUT2D eigenvalue weighted by Crippen LogP contribution is -3.09. The molecule has 7 heteroatoms. The second kappa shape index (κ2) is 7.04. The minimum Gasteiger partial charge on any atom is -0.497 e. The SMILES string of the molecule is COc1ccc(C[NH+](C)CN2C(=O)c3cc(Cl)c(Cl)cc3C2=O)cc1. The number of quaternary nitrogens is 1. The highest BCUT2D eigenvalue weighted by Gasteiger charge is 2.38. The Labute approximate surface area is 155 Å². The predicted octanol–water partition coefficient (Wildman–Crippen LogP) is 2.27. The van der Waals surface area contributed by atoms with Gasteiger partial charge in [0.1, 0.15) is 12.3 Å². The molecule has 25 heavy (non-hydrogen) atoms. The van der Waals surface area contributed by atoms with Crippen LogP contribution in [0.1, 0.15) is 26.3 Å². The van der Waals surface area contributed by atoms with Crippen LogP contribution >= 0.6 is 23.2 Å². The molecule has 0 aliphatic carbocycles. The monoisotopic (exact) mass is 379 g/mol. The van der Waals surface area contributed by atoms with Crippen molar-refractivity contribution in [3.63, 3.8) is 0 Å². The summed E-state index contributed by atoms with van der Waals surface area (Å²) in [4.78, 5) is 27.3. The number of fused-ring (bicyclic) bond motifs is 1. The molecule has 1 heterocycles. The van der Waals surface area contributed by atoms with Crippen LogP contribution in [0, 0.1) is 0 Å². The molecular formula is C18H17Cl2N2O3+. The molecule has 0 saturated carbocycles. The fraction of sp³-hybridized carbons (Fsp3) is 0.222. The number of amides is 2. The van der Waals surface area contributed by atoms with Gasteiger partial charge in [-0.25, -0.2) is 4.90 Å². The van der Waals surface area contributed by atoms with Crippen molar-refractivity contribution < 1.29 is 19.2 Å². The predicted molar refractivity (Wildman–Crippen MR) is 95.4 cm³/mol. The largest absolute Gasteiger partial charge is 0.497 e. The number of imide groups is 1. The summed E-state index contributed by atoms with van der Waals surface area (Å²) in [6.07, 6.45) is 0. The van der Waals surface area contributed by atoms with Crippen LogP contribution in [-0.4, -0.2) is 37.5 Å². The first-order valence-corrected chi connectivity index (χ1v) is 8.45. The summed E-state index contributed by atoms with van der Waals surface area (Å²) >= 11 is 11.9. The van der Waals surface area contributed by atoms with Crippen molar-refractivity contribution in [3.8, 4) is 5.75 Å². The van der Waals surface area contributed by atoms with Gasteiger partial charge in [0.25, 0.3) is 11.8 Å². The average molecular weight is 380 g/mol. The number of carbonyl (C=O) groups excluding carboxylic acids is 2. The van der Waals surface area contributed by atoms with Crippen molar-refractivity contribution in [1.82, 2.24) is 4.90 Å². The smallest absolute Gasteiger partial charge is 0.266 e. The molecule has 130 valence electrons. The zero-order valence-corrected chi connectivity index (χ0v) is 15.3. The zero-order chi connectivity index (χ0) is 18.1. The fourth-order valence-corrected chi connectivity index (χ4v) is 3.17. The molecular weight excluding hydrogens is 363 g/mol. The summed E-state index contributed by atoms with van der Waals surface area (Å²) < 4.78 is 5.14. The molecule has 0 aromatic heterocycles. The van der Waals surface area contributed by atoms with Crippen LogP contribution in [0.15, 0.2) is 36.4 Å². The van der Waals surface area contributed by atoms with Crippen molar-refractivity contribution in [2.24, 2.45) is 0 Å². The molecule has 0 bridgehead atoms. The summed E-state index contributed by atoms with van der Waals surface area (Å²) in [6, 6.07) is 10.6. The standard InChI is InChI=1S/C18H16Cl2N2O3/c1-21(9-11-3-5-12(25-2)6-4-11)10-22-17(23)13-7-15(19)16(20)8-14(13)18(22)24/h3-8H,9-10H2,1-2H3/p+1. The Kier molecular flexibility index (Phi) is 4.99. The molecule has 0 spiro atoms. The Morgan fingerprint density at radius 2 is 1.52 bits per heavy atom. The Morgan fingerprint density at radius 1 is 1.00 bits per heavy atom. The average Bonchev–Trinajstić information content (AvgIpc) is 2.81. The number of nitrogens with one attached hydrogen (secondary N) is 1. The van der Waals surface area contributed by atoms with E-state index >= 15 is 0 Å². The lowest BCUT2D eigenvalue weighted by atomic mass is 10.1. The van der Waals surface area contributed by atoms with E-state index in [0.29, 0.717) is 17.7 Å². The van der Waals surface area contributed by atoms with Gasteiger partial charge in [-0.1, -0.05) is 23.2 Å². The molecule has 0 fully saturated rings. The van der Waals surface area contributed by atoms with E-state index in [9.17, 15) is 9.59 Å². The Morgan fingerprint density at radius 3 is 2.00 bits per heavy atom. The number of nitrogens with zero attached hydrogens (tertiary/aromatic N) is 1. The van der Waals surface area contributed by atoms with E-state index in [1.807, 2.05) is 31.3 Å². The molecule has 3 rings (SSSR count). The molecule has 5 nitrogen and oxygen atoms in total. The van der Waals surface area contributed by atoms with E-state index in [4.69, 9.17) is 27.9 Å². The van der Waals surface area contributed by atoms with Crippen LogP contribution < -0.4 is 9.64 Å². The third-order valence-electron chi connectivity index (χ3n) is 4.10. The maximum Gasteiger partial charge on any atom is 0.266 e. The molecule has 1 atom stereocenters. The molecule has 2 aromatic rings. The number of carbonyl (C=O) groups is 2. The van der Waals surface area contributed by atoms with Crippen molar-refractivity contribution in [1.29, 1.82) is 0 Å². The Bertz CT molecular complexity index is 796. The van der Waals surface area contributed by atoms with Crippen molar-refractivity contribution in [2.45, 2.75) is 6.54 Å². The molecule has 1 unspecified atom stereocenters. The number of methoxy groups -OCH3 is 1. The van der Waals surface area contributed by atoms with Crippen LogP contribution in [0.3, 0.4) is 0 Å². The highest BCUT2D eigenvalue weighted by atomic mass is 35.5. The third kappa shape index (κ3) is 3.49. The topological polar surface area (TPSA) is 51.1 Å². The van der Waals surface area contributed by atoms with E-state index in [1.165, 1.54) is 17.0 Å². The molecule has 0 radical (unpaired) electrons. The molecule has 2 aromatic carbocycles. The second-order valence-electron chi connectivity index (χ2n) is 5.99. The van der Waals surface area contributed by atoms with E-state index in [2.05, 4.69) is 0 Å². The highest BCUT2D eigenvalue weighted by Crippen LogP contribution is 2.31. The van der Waals surface area contributed by atoms with Gasteiger partial charge in [-0.3, -0.25) is 9.59 Å². The minimum absolute atomic E-state index is 0.258. The van der Waals surface area contributed by atoms with E-state index in [0.717, 1.165) is 16.2 Å². The van der Waals surface area contributed by atoms with Crippen molar-refractivity contribution in [3.05, 3.63) is 63.1 Å². The summed E-state index contributed by atoms with van der Waals surface area (Å²) in [5.41, 5.74) is 1.69. The first-order chi connectivity index (χ1) is 11.9. The number of halogens is 2. The lowest BCUT2D eigenvalue weighted by molar-refractivity contribution is -0.901. The molecule has 2 amide bonds. The maximum atomic E-state index is 12.5. The van der Waals surface area contributed by atoms with Gasteiger partial charge in [0, 0.05) is 5.56 Å². The van der Waals surface area contributed by atoms with Gasteiger partial charge in [-0.2, -0.15) is 0 Å². The van der Waals surface area contributed by atoms with Gasteiger partial charge in [0.05, 0.1) is 35.3 Å². The number of ether oxygens (including phenoxy) is 1. The van der Waals surface area contributed by atoms with Gasteiger partial charge in [-0.05, 0) is 36.4 Å². The fourth-order valence-electron chi connectivity index (χ4n) is 2.85. The summed E-state index contributed by atoms with van der Waals surface area (Å²) in [7, 11) is 3.54. The van der Waals surface area contributed by atoms with E-state index in [-0.39, 0.29) is 28.5 Å². The summed E-state index contributed by atoms with van der Waals surface area (Å²) in [5, 5.41) is 0.532. The third-order valence-corrected chi connectivity index (χ3v) is 4.83. The van der Waals surface area contributed by atoms with E-state index in [1.54, 1.807) is 7.11 Å². The van der Waals surface area contributed by atoms with Crippen molar-refractivity contribution >= 4 is 35.0 Å². The lowest BCUT2D eigenvalue weighted by Gasteiger charge is -2.20. The van der Waals surface area contributed by atoms with E-state index < -0.39 is 0 Å². The Hall–Kier alpha value is -2.08. The first-order valence-electron chi connectivity index (χ1n) is 7.70. The minimum atomic E-state index is -0.340. The number of rotatable bonds is 5. The zero-order valence-electron chi connectivity index (χ0n) is 13.8. The molecule has 1 aliphatic heterocycles. The number of hydrogen-bond acceptors (Lipinski definition) is 3. The number of benzene rings is 2. The highest BCUT2D eigenvalue weighted by molar-refractivity contribution is 6.43. The van der Waals surface area contributed by atoms with Crippen LogP contribution in [0.2, 0.25) is 10.0 Å². The van der Waals surface area contributed by atoms with Gasteiger partial charge < -0.3 is 9.64 Å². The normalized spacial score (nSPS) is 14.6. The van der Waals surface area contributed by atoms with Gasteiger partial charge >= 0.3 is 0 Å².